The summed E-state index contributed by atoms with van der Waals surface area (Å²) in [5.41, 5.74) is 35.4. The first kappa shape index (κ1) is 46.0. The molecule has 0 unspecified atom stereocenters. The number of nitrogens with one attached hydrogen (secondary N) is 4. The summed E-state index contributed by atoms with van der Waals surface area (Å²) in [4.78, 5) is 50.6. The van der Waals surface area contributed by atoms with Crippen molar-refractivity contribution in [2.45, 2.75) is 69.1 Å². The number of carbonyl (C=O) groups is 5. The van der Waals surface area contributed by atoms with Gasteiger partial charge in [0.05, 0.1) is 0 Å². The Bertz CT molecular complexity index is 815. The predicted octanol–water partition coefficient (Wildman–Crippen LogP) is -3.86. The van der Waals surface area contributed by atoms with E-state index in [0.717, 1.165) is 5.75 Å². The van der Waals surface area contributed by atoms with Crippen LogP contribution in [-0.2, 0) is 24.0 Å². The van der Waals surface area contributed by atoms with E-state index < -0.39 is 54.0 Å². The fourth-order valence-corrected chi connectivity index (χ4v) is 2.62. The molecular weight excluding hydrogens is 594 g/mol. The molecule has 43 heavy (non-hydrogen) atoms. The number of aliphatic carboxylic acids is 4. The van der Waals surface area contributed by atoms with E-state index in [1.54, 1.807) is 11.8 Å². The lowest BCUT2D eigenvalue weighted by Crippen LogP contribution is -2.34. The Morgan fingerprint density at radius 3 is 1.19 bits per heavy atom. The zero-order valence-electron chi connectivity index (χ0n) is 24.2. The number of hydrogen-bond acceptors (Lipinski definition) is 12. The van der Waals surface area contributed by atoms with Gasteiger partial charge in [0.15, 0.2) is 11.9 Å². The van der Waals surface area contributed by atoms with Gasteiger partial charge in [-0.15, -0.1) is 0 Å². The summed E-state index contributed by atoms with van der Waals surface area (Å²) in [5, 5.41) is 51.9. The molecule has 0 radical (unpaired) electrons. The second-order valence-electron chi connectivity index (χ2n) is 8.53. The molecular formula is C22H49N11O9S. The summed E-state index contributed by atoms with van der Waals surface area (Å²) < 4.78 is 0. The van der Waals surface area contributed by atoms with Gasteiger partial charge in [-0.2, -0.15) is 11.8 Å². The smallest absolute Gasteiger partial charge is 0.320 e. The number of carboxylic acid groups (broad SMARTS) is 4. The molecule has 0 heterocycles. The van der Waals surface area contributed by atoms with E-state index in [0.29, 0.717) is 45.2 Å². The molecule has 0 aliphatic carbocycles. The molecule has 0 aromatic heterocycles. The molecule has 0 bridgehead atoms. The lowest BCUT2D eigenvalue weighted by Gasteiger charge is -2.06. The summed E-state index contributed by atoms with van der Waals surface area (Å²) in [5.74, 6) is -3.97. The van der Waals surface area contributed by atoms with Gasteiger partial charge in [-0.05, 0) is 50.5 Å². The van der Waals surface area contributed by atoms with Crippen LogP contribution in [0.15, 0.2) is 0 Å². The zero-order valence-corrected chi connectivity index (χ0v) is 25.0. The molecule has 4 atom stereocenters. The quantitative estimate of drug-likeness (QED) is 0.0385. The lowest BCUT2D eigenvalue weighted by molar-refractivity contribution is -0.139. The Morgan fingerprint density at radius 2 is 0.930 bits per heavy atom. The number of primary amides is 1. The van der Waals surface area contributed by atoms with Gasteiger partial charge in [-0.25, -0.2) is 0 Å². The summed E-state index contributed by atoms with van der Waals surface area (Å²) >= 11 is 1.60. The van der Waals surface area contributed by atoms with Crippen LogP contribution in [0, 0.1) is 10.8 Å². The molecule has 0 aromatic rings. The first-order valence-corrected chi connectivity index (χ1v) is 14.1. The second kappa shape index (κ2) is 29.6. The Hall–Kier alpha value is -3.92. The molecule has 0 aliphatic rings. The molecule has 22 N–H and O–H groups in total. The van der Waals surface area contributed by atoms with Crippen molar-refractivity contribution in [3.05, 3.63) is 0 Å². The highest BCUT2D eigenvalue weighted by atomic mass is 32.2. The minimum Gasteiger partial charge on any atom is -0.480 e. The highest BCUT2D eigenvalue weighted by Crippen LogP contribution is 1.98. The highest BCUT2D eigenvalue weighted by Gasteiger charge is 2.12. The normalized spacial score (nSPS) is 12.4. The van der Waals surface area contributed by atoms with Crippen LogP contribution in [0.4, 0.5) is 0 Å². The van der Waals surface area contributed by atoms with Crippen molar-refractivity contribution in [3.8, 4) is 0 Å². The van der Waals surface area contributed by atoms with Gasteiger partial charge in [0.1, 0.15) is 24.2 Å². The van der Waals surface area contributed by atoms with Crippen molar-refractivity contribution in [1.29, 1.82) is 10.8 Å². The van der Waals surface area contributed by atoms with Crippen molar-refractivity contribution < 1.29 is 44.4 Å². The lowest BCUT2D eigenvalue weighted by atomic mass is 10.2. The van der Waals surface area contributed by atoms with Crippen LogP contribution in [0.5, 0.6) is 0 Å². The van der Waals surface area contributed by atoms with Crippen molar-refractivity contribution >= 4 is 53.5 Å². The van der Waals surface area contributed by atoms with Crippen molar-refractivity contribution in [3.63, 3.8) is 0 Å². The molecule has 0 fully saturated rings. The third-order valence-electron chi connectivity index (χ3n) is 4.62. The van der Waals surface area contributed by atoms with Crippen LogP contribution in [0.1, 0.15) is 44.9 Å². The molecule has 0 rings (SSSR count). The van der Waals surface area contributed by atoms with Gasteiger partial charge in [0, 0.05) is 19.5 Å². The van der Waals surface area contributed by atoms with E-state index in [9.17, 15) is 24.0 Å². The van der Waals surface area contributed by atoms with E-state index in [4.69, 9.17) is 71.4 Å². The summed E-state index contributed by atoms with van der Waals surface area (Å²) in [6, 6.07) is -3.30. The number of carbonyl (C=O) groups excluding carboxylic acids is 1. The van der Waals surface area contributed by atoms with Gasteiger partial charge < -0.3 is 71.2 Å². The van der Waals surface area contributed by atoms with Crippen molar-refractivity contribution in [2.24, 2.45) is 40.1 Å². The first-order valence-electron chi connectivity index (χ1n) is 12.7. The number of thioether (sulfide) groups is 1. The number of hydrogen-bond donors (Lipinski definition) is 15. The number of rotatable bonds is 18. The minimum absolute atomic E-state index is 0.0213. The Balaban J connectivity index is -0.000000237. The summed E-state index contributed by atoms with van der Waals surface area (Å²) in [7, 11) is 0. The van der Waals surface area contributed by atoms with Gasteiger partial charge in [0.25, 0.3) is 0 Å². The third kappa shape index (κ3) is 40.3. The molecule has 0 spiro atoms. The van der Waals surface area contributed by atoms with Crippen LogP contribution in [0.25, 0.3) is 0 Å². The molecule has 0 saturated carbocycles. The van der Waals surface area contributed by atoms with E-state index >= 15 is 0 Å². The Labute approximate surface area is 253 Å². The standard InChI is InChI=1S/2C6H14N4O2.C5H10N2O3.C5H11NO2S/c2*7-4(5(11)12)2-1-3-10-6(8)9;6-3(5(9)10)1-2-4(7)8;1-9-3-2-4(6)5(7)8/h2*4H,1-3,7H2,(H,11,12)(H4,8,9,10);3H,1-2,6H2,(H2,7,8)(H,9,10);4H,2-3,6H2,1H3,(H,7,8)/t2*4-;3-;4-/m0000/s1. The molecule has 252 valence electrons. The largest absolute Gasteiger partial charge is 0.480 e. The Morgan fingerprint density at radius 1 is 0.628 bits per heavy atom. The first-order chi connectivity index (χ1) is 19.8. The topological polar surface area (TPSA) is 420 Å². The second-order valence-corrected chi connectivity index (χ2v) is 9.52. The van der Waals surface area contributed by atoms with Gasteiger partial charge in [0.2, 0.25) is 5.91 Å². The Kier molecular flexibility index (Phi) is 31.7. The highest BCUT2D eigenvalue weighted by molar-refractivity contribution is 7.98. The molecule has 20 nitrogen and oxygen atoms in total. The van der Waals surface area contributed by atoms with Crippen molar-refractivity contribution in [1.82, 2.24) is 10.6 Å². The van der Waals surface area contributed by atoms with Gasteiger partial charge in [-0.1, -0.05) is 0 Å². The van der Waals surface area contributed by atoms with E-state index in [2.05, 4.69) is 10.6 Å². The fourth-order valence-electron chi connectivity index (χ4n) is 2.13. The summed E-state index contributed by atoms with van der Waals surface area (Å²) in [6.45, 7) is 0.965. The third-order valence-corrected chi connectivity index (χ3v) is 5.26. The number of nitrogens with two attached hydrogens (primary N) is 7. The van der Waals surface area contributed by atoms with Crippen LogP contribution in [0.3, 0.4) is 0 Å². The van der Waals surface area contributed by atoms with Gasteiger partial charge in [-0.3, -0.25) is 34.8 Å². The zero-order chi connectivity index (χ0) is 34.5. The fraction of sp³-hybridized carbons (Fsp3) is 0.682. The maximum Gasteiger partial charge on any atom is 0.320 e. The van der Waals surface area contributed by atoms with Gasteiger partial charge >= 0.3 is 23.9 Å². The minimum atomic E-state index is -1.11. The molecule has 0 saturated heterocycles. The maximum atomic E-state index is 10.2. The number of amides is 1. The molecule has 0 aliphatic heterocycles. The average molecular weight is 644 g/mol. The summed E-state index contributed by atoms with van der Waals surface area (Å²) in [6.07, 6.45) is 4.55. The average Bonchev–Trinajstić information content (AvgIpc) is 2.90. The SMILES string of the molecule is CSCC[C@H](N)C(=O)O.N=C(N)NCCC[C@H](N)C(=O)O.N=C(N)NCCC[C@H](N)C(=O)O.NC(=O)CC[C@H](N)C(=O)O. The number of carboxylic acids is 4. The monoisotopic (exact) mass is 643 g/mol. The van der Waals surface area contributed by atoms with E-state index in [-0.39, 0.29) is 24.8 Å². The van der Waals surface area contributed by atoms with Crippen molar-refractivity contribution in [2.75, 3.05) is 25.1 Å². The molecule has 0 aromatic carbocycles. The van der Waals surface area contributed by atoms with E-state index in [1.807, 2.05) is 6.26 Å². The van der Waals surface area contributed by atoms with Crippen LogP contribution < -0.4 is 50.8 Å². The van der Waals surface area contributed by atoms with E-state index in [1.165, 1.54) is 0 Å². The molecule has 21 heteroatoms. The van der Waals surface area contributed by atoms with Crippen LogP contribution >= 0.6 is 11.8 Å². The van der Waals surface area contributed by atoms with Crippen LogP contribution in [0.2, 0.25) is 0 Å². The van der Waals surface area contributed by atoms with Crippen LogP contribution in [-0.4, -0.2) is 111 Å². The number of guanidine groups is 2. The predicted molar refractivity (Wildman–Crippen MR) is 162 cm³/mol. The maximum absolute atomic E-state index is 10.2. The molecule has 1 amide bonds.